The molecule has 0 aliphatic carbocycles. The van der Waals surface area contributed by atoms with Crippen molar-refractivity contribution in [1.82, 2.24) is 0 Å². The summed E-state index contributed by atoms with van der Waals surface area (Å²) in [7, 11) is -2.65. The number of rotatable bonds is 14. The Morgan fingerprint density at radius 3 is 1.55 bits per heavy atom. The third-order valence-electron chi connectivity index (χ3n) is 2.70. The van der Waals surface area contributed by atoms with Crippen LogP contribution in [0, 0.1) is 5.92 Å². The second-order valence-electron chi connectivity index (χ2n) is 5.46. The minimum absolute atomic E-state index is 0.472. The molecule has 0 fully saturated rings. The summed E-state index contributed by atoms with van der Waals surface area (Å²) < 4.78 is 23.7. The first-order chi connectivity index (χ1) is 9.60. The van der Waals surface area contributed by atoms with Gasteiger partial charge in [-0.2, -0.15) is 0 Å². The summed E-state index contributed by atoms with van der Waals surface area (Å²) in [5.74, 6) is 0.649. The fraction of sp³-hybridized carbons (Fsp3) is 1.00. The number of ether oxygens (including phenoxy) is 1. The highest BCUT2D eigenvalue weighted by Gasteiger charge is 2.41. The van der Waals surface area contributed by atoms with Crippen LogP contribution in [-0.4, -0.2) is 41.5 Å². The molecule has 0 bridgehead atoms. The van der Waals surface area contributed by atoms with Gasteiger partial charge >= 0.3 is 8.80 Å². The largest absolute Gasteiger partial charge is 0.528 e. The molecule has 0 heterocycles. The summed E-state index contributed by atoms with van der Waals surface area (Å²) in [4.78, 5) is 0. The molecule has 0 rings (SSSR count). The van der Waals surface area contributed by atoms with E-state index in [1.807, 2.05) is 0 Å². The predicted molar refractivity (Wildman–Crippen MR) is 84.8 cm³/mol. The lowest BCUT2D eigenvalue weighted by atomic mass is 10.1. The fourth-order valence-electron chi connectivity index (χ4n) is 1.54. The van der Waals surface area contributed by atoms with Gasteiger partial charge in [0.15, 0.2) is 0 Å². The first-order valence-electron chi connectivity index (χ1n) is 8.09. The Morgan fingerprint density at radius 2 is 1.20 bits per heavy atom. The monoisotopic (exact) mass is 306 g/mol. The molecule has 20 heavy (non-hydrogen) atoms. The van der Waals surface area contributed by atoms with Gasteiger partial charge in [-0.15, -0.1) is 0 Å². The topological polar surface area (TPSA) is 36.9 Å². The van der Waals surface area contributed by atoms with E-state index in [4.69, 9.17) is 18.0 Å². The maximum Gasteiger partial charge on any atom is 0.528 e. The Balaban J connectivity index is 4.41. The van der Waals surface area contributed by atoms with Gasteiger partial charge in [0, 0.05) is 26.4 Å². The zero-order valence-corrected chi connectivity index (χ0v) is 15.1. The summed E-state index contributed by atoms with van der Waals surface area (Å²) in [5, 5.41) is 0. The summed E-state index contributed by atoms with van der Waals surface area (Å²) in [6, 6.07) is 0. The molecule has 0 aromatic rings. The SMILES string of the molecule is CCCO[Si](COCCC(C)C)(OCCC)OCCC. The first kappa shape index (κ1) is 20.1. The Morgan fingerprint density at radius 1 is 0.750 bits per heavy atom. The van der Waals surface area contributed by atoms with Crippen molar-refractivity contribution < 1.29 is 18.0 Å². The van der Waals surface area contributed by atoms with Crippen LogP contribution < -0.4 is 0 Å². The van der Waals surface area contributed by atoms with Gasteiger partial charge in [0.05, 0.1) is 0 Å². The second-order valence-corrected chi connectivity index (χ2v) is 7.98. The van der Waals surface area contributed by atoms with Gasteiger partial charge in [0.2, 0.25) is 0 Å². The molecule has 0 amide bonds. The molecule has 0 atom stereocenters. The van der Waals surface area contributed by atoms with Crippen molar-refractivity contribution in [3.63, 3.8) is 0 Å². The van der Waals surface area contributed by atoms with Crippen LogP contribution in [0.5, 0.6) is 0 Å². The van der Waals surface area contributed by atoms with Gasteiger partial charge in [0.25, 0.3) is 0 Å². The zero-order valence-electron chi connectivity index (χ0n) is 14.1. The van der Waals surface area contributed by atoms with Gasteiger partial charge in [-0.05, 0) is 31.6 Å². The Kier molecular flexibility index (Phi) is 12.8. The Hall–Kier alpha value is 0.0569. The molecule has 0 aromatic carbocycles. The summed E-state index contributed by atoms with van der Waals surface area (Å²) in [6.07, 6.45) is 4.42. The average Bonchev–Trinajstić information content (AvgIpc) is 2.44. The lowest BCUT2D eigenvalue weighted by Gasteiger charge is -2.29. The molecular weight excluding hydrogens is 272 g/mol. The van der Waals surface area contributed by atoms with Crippen molar-refractivity contribution in [2.24, 2.45) is 5.92 Å². The molecule has 0 aliphatic rings. The van der Waals surface area contributed by atoms with Crippen LogP contribution >= 0.6 is 0 Å². The van der Waals surface area contributed by atoms with E-state index < -0.39 is 8.80 Å². The molecule has 0 saturated carbocycles. The van der Waals surface area contributed by atoms with Crippen LogP contribution in [0.25, 0.3) is 0 Å². The molecule has 0 radical (unpaired) electrons. The van der Waals surface area contributed by atoms with Gasteiger partial charge in [0.1, 0.15) is 6.23 Å². The zero-order chi connectivity index (χ0) is 15.3. The average molecular weight is 307 g/mol. The van der Waals surface area contributed by atoms with Gasteiger partial charge in [-0.3, -0.25) is 0 Å². The third-order valence-corrected chi connectivity index (χ3v) is 5.19. The van der Waals surface area contributed by atoms with Crippen molar-refractivity contribution in [3.8, 4) is 0 Å². The first-order valence-corrected chi connectivity index (χ1v) is 10.0. The van der Waals surface area contributed by atoms with Crippen LogP contribution in [0.3, 0.4) is 0 Å². The Bertz CT molecular complexity index is 190. The van der Waals surface area contributed by atoms with Crippen molar-refractivity contribution in [1.29, 1.82) is 0 Å². The van der Waals surface area contributed by atoms with E-state index in [0.29, 0.717) is 32.0 Å². The van der Waals surface area contributed by atoms with E-state index in [1.165, 1.54) is 0 Å². The van der Waals surface area contributed by atoms with Crippen LogP contribution in [0.1, 0.15) is 60.3 Å². The Labute approximate surface area is 126 Å². The molecule has 0 spiro atoms. The highest BCUT2D eigenvalue weighted by Crippen LogP contribution is 2.13. The smallest absolute Gasteiger partial charge is 0.377 e. The molecular formula is C15H34O4Si. The van der Waals surface area contributed by atoms with Crippen LogP contribution in [0.15, 0.2) is 0 Å². The van der Waals surface area contributed by atoms with E-state index in [9.17, 15) is 0 Å². The quantitative estimate of drug-likeness (QED) is 0.361. The lowest BCUT2D eigenvalue weighted by molar-refractivity contribution is 0.0202. The van der Waals surface area contributed by atoms with Gasteiger partial charge < -0.3 is 18.0 Å². The summed E-state index contributed by atoms with van der Waals surface area (Å²) in [6.45, 7) is 13.4. The van der Waals surface area contributed by atoms with Crippen molar-refractivity contribution in [3.05, 3.63) is 0 Å². The van der Waals surface area contributed by atoms with E-state index in [2.05, 4.69) is 34.6 Å². The number of hydrogen-bond donors (Lipinski definition) is 0. The normalized spacial score (nSPS) is 12.3. The highest BCUT2D eigenvalue weighted by atomic mass is 28.4. The van der Waals surface area contributed by atoms with Crippen LogP contribution in [0.2, 0.25) is 0 Å². The molecule has 0 N–H and O–H groups in total. The maximum atomic E-state index is 5.96. The van der Waals surface area contributed by atoms with Crippen molar-refractivity contribution in [2.75, 3.05) is 32.7 Å². The highest BCUT2D eigenvalue weighted by molar-refractivity contribution is 6.60. The van der Waals surface area contributed by atoms with E-state index in [-0.39, 0.29) is 0 Å². The molecule has 122 valence electrons. The van der Waals surface area contributed by atoms with E-state index in [1.54, 1.807) is 0 Å². The standard InChI is InChI=1S/C15H34O4Si/c1-6-10-17-20(18-11-7-2,19-12-8-3)14-16-13-9-15(4)5/h15H,6-14H2,1-5H3. The molecule has 4 nitrogen and oxygen atoms in total. The minimum Gasteiger partial charge on any atom is -0.377 e. The van der Waals surface area contributed by atoms with Gasteiger partial charge in [-0.1, -0.05) is 34.6 Å². The second kappa shape index (κ2) is 12.8. The fourth-order valence-corrected chi connectivity index (χ4v) is 3.98. The maximum absolute atomic E-state index is 5.96. The van der Waals surface area contributed by atoms with Crippen LogP contribution in [0.4, 0.5) is 0 Å². The molecule has 0 saturated heterocycles. The molecule has 5 heteroatoms. The summed E-state index contributed by atoms with van der Waals surface area (Å²) in [5.41, 5.74) is 0. The summed E-state index contributed by atoms with van der Waals surface area (Å²) >= 11 is 0. The molecule has 0 aromatic heterocycles. The van der Waals surface area contributed by atoms with Crippen molar-refractivity contribution >= 4 is 8.80 Å². The predicted octanol–water partition coefficient (Wildman–Crippen LogP) is 3.81. The number of hydrogen-bond acceptors (Lipinski definition) is 4. The molecule has 0 unspecified atom stereocenters. The van der Waals surface area contributed by atoms with Gasteiger partial charge in [-0.25, -0.2) is 0 Å². The van der Waals surface area contributed by atoms with Crippen LogP contribution in [-0.2, 0) is 18.0 Å². The van der Waals surface area contributed by atoms with Crippen molar-refractivity contribution in [2.45, 2.75) is 60.3 Å². The van der Waals surface area contributed by atoms with E-state index in [0.717, 1.165) is 32.3 Å². The molecule has 0 aliphatic heterocycles. The minimum atomic E-state index is -2.65. The lowest BCUT2D eigenvalue weighted by Crippen LogP contribution is -2.51. The third kappa shape index (κ3) is 9.88. The van der Waals surface area contributed by atoms with E-state index >= 15 is 0 Å².